The van der Waals surface area contributed by atoms with Gasteiger partial charge in [-0.2, -0.15) is 0 Å². The second-order valence-electron chi connectivity index (χ2n) is 5.83. The SMILES string of the molecule is COc1cccc2c(N3CC[C@@H](C[S@](C)(=N)=O)C3)ncnc12. The smallest absolute Gasteiger partial charge is 0.145 e. The molecule has 1 fully saturated rings. The predicted octanol–water partition coefficient (Wildman–Crippen LogP) is 2.14. The van der Waals surface area contributed by atoms with Crippen molar-refractivity contribution in [2.45, 2.75) is 6.42 Å². The van der Waals surface area contributed by atoms with E-state index in [4.69, 9.17) is 9.52 Å². The molecule has 1 aromatic carbocycles. The van der Waals surface area contributed by atoms with Crippen LogP contribution in [0.1, 0.15) is 6.42 Å². The van der Waals surface area contributed by atoms with Crippen LogP contribution in [0.5, 0.6) is 5.75 Å². The number of fused-ring (bicyclic) bond motifs is 1. The topological polar surface area (TPSA) is 79.2 Å². The van der Waals surface area contributed by atoms with Crippen LogP contribution in [0.15, 0.2) is 24.5 Å². The number of methoxy groups -OCH3 is 1. The van der Waals surface area contributed by atoms with Gasteiger partial charge in [0.1, 0.15) is 23.4 Å². The molecule has 3 rings (SSSR count). The van der Waals surface area contributed by atoms with Crippen molar-refractivity contribution in [3.8, 4) is 5.75 Å². The summed E-state index contributed by atoms with van der Waals surface area (Å²) in [5.74, 6) is 2.36. The minimum Gasteiger partial charge on any atom is -0.494 e. The van der Waals surface area contributed by atoms with Crippen LogP contribution in [0.4, 0.5) is 5.82 Å². The molecule has 1 N–H and O–H groups in total. The van der Waals surface area contributed by atoms with Gasteiger partial charge in [0.2, 0.25) is 0 Å². The Balaban J connectivity index is 1.92. The fourth-order valence-electron chi connectivity index (χ4n) is 3.07. The van der Waals surface area contributed by atoms with Crippen molar-refractivity contribution in [1.82, 2.24) is 9.97 Å². The van der Waals surface area contributed by atoms with Gasteiger partial charge in [-0.15, -0.1) is 0 Å². The minimum atomic E-state index is -2.45. The van der Waals surface area contributed by atoms with E-state index in [2.05, 4.69) is 14.9 Å². The molecule has 22 heavy (non-hydrogen) atoms. The Hall–Kier alpha value is -1.89. The summed E-state index contributed by atoms with van der Waals surface area (Å²) in [5, 5.41) is 0.964. The molecule has 0 saturated carbocycles. The summed E-state index contributed by atoms with van der Waals surface area (Å²) >= 11 is 0. The zero-order valence-electron chi connectivity index (χ0n) is 12.8. The fraction of sp³-hybridized carbons (Fsp3) is 0.467. The molecule has 7 heteroatoms. The van der Waals surface area contributed by atoms with E-state index < -0.39 is 9.73 Å². The molecule has 0 spiro atoms. The average Bonchev–Trinajstić information content (AvgIpc) is 2.92. The van der Waals surface area contributed by atoms with Gasteiger partial charge in [-0.25, -0.2) is 9.97 Å². The van der Waals surface area contributed by atoms with Gasteiger partial charge in [-0.1, -0.05) is 6.07 Å². The van der Waals surface area contributed by atoms with E-state index in [1.54, 1.807) is 13.4 Å². The third-order valence-corrected chi connectivity index (χ3v) is 5.07. The largest absolute Gasteiger partial charge is 0.494 e. The Kier molecular flexibility index (Phi) is 3.90. The molecule has 1 aliphatic rings. The second kappa shape index (κ2) is 5.72. The van der Waals surface area contributed by atoms with Crippen molar-refractivity contribution < 1.29 is 8.95 Å². The van der Waals surface area contributed by atoms with Gasteiger partial charge in [0, 0.05) is 40.2 Å². The molecule has 0 amide bonds. The summed E-state index contributed by atoms with van der Waals surface area (Å²) in [6.07, 6.45) is 4.01. The normalized spacial score (nSPS) is 21.0. The number of rotatable bonds is 4. The third-order valence-electron chi connectivity index (χ3n) is 3.97. The van der Waals surface area contributed by atoms with Crippen molar-refractivity contribution in [2.24, 2.45) is 5.92 Å². The number of ether oxygens (including phenoxy) is 1. The lowest BCUT2D eigenvalue weighted by atomic mass is 10.2. The monoisotopic (exact) mass is 320 g/mol. The van der Waals surface area contributed by atoms with Gasteiger partial charge in [-0.05, 0) is 24.5 Å². The highest BCUT2D eigenvalue weighted by molar-refractivity contribution is 7.91. The molecule has 2 aromatic rings. The lowest BCUT2D eigenvalue weighted by molar-refractivity contribution is 0.419. The second-order valence-corrected chi connectivity index (χ2v) is 8.17. The predicted molar refractivity (Wildman–Crippen MR) is 88.1 cm³/mol. The van der Waals surface area contributed by atoms with Gasteiger partial charge >= 0.3 is 0 Å². The number of nitrogens with zero attached hydrogens (tertiary/aromatic N) is 3. The van der Waals surface area contributed by atoms with Crippen LogP contribution in [-0.4, -0.2) is 46.4 Å². The molecule has 0 bridgehead atoms. The first kappa shape index (κ1) is 15.0. The Morgan fingerprint density at radius 2 is 2.27 bits per heavy atom. The lowest BCUT2D eigenvalue weighted by Gasteiger charge is -2.19. The number of nitrogens with one attached hydrogen (secondary N) is 1. The van der Waals surface area contributed by atoms with Crippen molar-refractivity contribution in [3.05, 3.63) is 24.5 Å². The summed E-state index contributed by atoms with van der Waals surface area (Å²) in [6, 6.07) is 5.82. The van der Waals surface area contributed by atoms with Crippen LogP contribution in [0.3, 0.4) is 0 Å². The van der Waals surface area contributed by atoms with E-state index in [9.17, 15) is 4.21 Å². The zero-order chi connectivity index (χ0) is 15.7. The van der Waals surface area contributed by atoms with E-state index in [0.717, 1.165) is 42.0 Å². The van der Waals surface area contributed by atoms with E-state index in [-0.39, 0.29) is 5.92 Å². The highest BCUT2D eigenvalue weighted by Gasteiger charge is 2.26. The molecule has 0 unspecified atom stereocenters. The molecule has 6 nitrogen and oxygen atoms in total. The molecule has 1 aliphatic heterocycles. The first-order chi connectivity index (χ1) is 10.5. The standard InChI is InChI=1S/C15H20N4O2S/c1-21-13-5-3-4-12-14(13)17-10-18-15(12)19-7-6-11(8-19)9-22(2,16)20/h3-5,10-11,16H,6-9H2,1-2H3/t11-,22-/m1/s1. The van der Waals surface area contributed by atoms with Crippen molar-refractivity contribution in [3.63, 3.8) is 0 Å². The number of hydrogen-bond donors (Lipinski definition) is 1. The zero-order valence-corrected chi connectivity index (χ0v) is 13.6. The Morgan fingerprint density at radius 3 is 3.00 bits per heavy atom. The lowest BCUT2D eigenvalue weighted by Crippen LogP contribution is -2.23. The quantitative estimate of drug-likeness (QED) is 0.933. The van der Waals surface area contributed by atoms with E-state index >= 15 is 0 Å². The van der Waals surface area contributed by atoms with Gasteiger partial charge in [0.25, 0.3) is 0 Å². The van der Waals surface area contributed by atoms with Gasteiger partial charge in [0.05, 0.1) is 7.11 Å². The van der Waals surface area contributed by atoms with Gasteiger partial charge < -0.3 is 9.64 Å². The van der Waals surface area contributed by atoms with E-state index in [1.807, 2.05) is 18.2 Å². The first-order valence-corrected chi connectivity index (χ1v) is 9.35. The van der Waals surface area contributed by atoms with E-state index in [0.29, 0.717) is 5.75 Å². The molecular weight excluding hydrogens is 300 g/mol. The maximum absolute atomic E-state index is 11.7. The minimum absolute atomic E-state index is 0.283. The van der Waals surface area contributed by atoms with E-state index in [1.165, 1.54) is 6.26 Å². The maximum Gasteiger partial charge on any atom is 0.145 e. The first-order valence-electron chi connectivity index (χ1n) is 7.22. The maximum atomic E-state index is 11.7. The number of benzene rings is 1. The number of para-hydroxylation sites is 1. The molecule has 118 valence electrons. The van der Waals surface area contributed by atoms with Crippen LogP contribution in [0, 0.1) is 10.7 Å². The Labute approximate surface area is 130 Å². The van der Waals surface area contributed by atoms with Crippen LogP contribution < -0.4 is 9.64 Å². The highest BCUT2D eigenvalue weighted by Crippen LogP contribution is 2.32. The number of hydrogen-bond acceptors (Lipinski definition) is 6. The summed E-state index contributed by atoms with van der Waals surface area (Å²) in [5.41, 5.74) is 0.804. The molecule has 2 atom stereocenters. The van der Waals surface area contributed by atoms with Crippen molar-refractivity contribution in [1.29, 1.82) is 4.78 Å². The number of anilines is 1. The third kappa shape index (κ3) is 2.99. The van der Waals surface area contributed by atoms with Gasteiger partial charge in [-0.3, -0.25) is 8.99 Å². The summed E-state index contributed by atoms with van der Waals surface area (Å²) in [7, 11) is -0.812. The molecule has 2 heterocycles. The molecule has 1 saturated heterocycles. The summed E-state index contributed by atoms with van der Waals surface area (Å²) < 4.78 is 24.7. The van der Waals surface area contributed by atoms with Crippen molar-refractivity contribution >= 4 is 26.4 Å². The summed E-state index contributed by atoms with van der Waals surface area (Å²) in [6.45, 7) is 1.65. The molecule has 0 aliphatic carbocycles. The van der Waals surface area contributed by atoms with Gasteiger partial charge in [0.15, 0.2) is 0 Å². The summed E-state index contributed by atoms with van der Waals surface area (Å²) in [4.78, 5) is 11.0. The molecular formula is C15H20N4O2S. The molecule has 0 radical (unpaired) electrons. The number of aromatic nitrogens is 2. The average molecular weight is 320 g/mol. The van der Waals surface area contributed by atoms with Crippen LogP contribution in [0.25, 0.3) is 10.9 Å². The molecule has 1 aromatic heterocycles. The Morgan fingerprint density at radius 1 is 1.45 bits per heavy atom. The van der Waals surface area contributed by atoms with Crippen molar-refractivity contribution in [2.75, 3.05) is 37.1 Å². The van der Waals surface area contributed by atoms with Crippen LogP contribution in [0.2, 0.25) is 0 Å². The Bertz CT molecular complexity index is 791. The highest BCUT2D eigenvalue weighted by atomic mass is 32.2. The van der Waals surface area contributed by atoms with Crippen LogP contribution in [-0.2, 0) is 9.73 Å². The van der Waals surface area contributed by atoms with Crippen LogP contribution >= 0.6 is 0 Å². The fourth-order valence-corrected chi connectivity index (χ4v) is 4.25.